The number of carbonyl (C=O) groups is 5. The van der Waals surface area contributed by atoms with Gasteiger partial charge in [-0.25, -0.2) is 9.97 Å². The lowest BCUT2D eigenvalue weighted by atomic mass is 9.87. The van der Waals surface area contributed by atoms with Crippen LogP contribution in [0, 0.1) is 18.3 Å². The molecule has 3 aromatic carbocycles. The molecule has 0 saturated carbocycles. The zero-order valence-electron chi connectivity index (χ0n) is 38.5. The smallest absolute Gasteiger partial charge is 0.255 e. The minimum Gasteiger partial charge on any atom is -0.492 e. The second-order valence-corrected chi connectivity index (χ2v) is 16.9. The minimum absolute atomic E-state index is 0.0173. The number of aryl methyl sites for hydroxylation is 1. The molecule has 20 nitrogen and oxygen atoms in total. The minimum atomic E-state index is -1.48. The third-order valence-corrected chi connectivity index (χ3v) is 10.8. The molecule has 0 radical (unpaired) electrons. The molecular formula is C47H59N13O7. The van der Waals surface area contributed by atoms with Crippen molar-refractivity contribution in [2.45, 2.75) is 70.6 Å². The van der Waals surface area contributed by atoms with Gasteiger partial charge in [-0.2, -0.15) is 5.26 Å². The van der Waals surface area contributed by atoms with Gasteiger partial charge in [-0.3, -0.25) is 29.0 Å². The van der Waals surface area contributed by atoms with Crippen molar-refractivity contribution >= 4 is 35.5 Å². The van der Waals surface area contributed by atoms with Gasteiger partial charge in [0.25, 0.3) is 5.91 Å². The number of hydrogen-bond acceptors (Lipinski definition) is 13. The number of nitrogens with two attached hydrogens (primary N) is 4. The van der Waals surface area contributed by atoms with Crippen LogP contribution in [0.15, 0.2) is 71.9 Å². The molecule has 0 spiro atoms. The van der Waals surface area contributed by atoms with E-state index in [2.05, 4.69) is 57.0 Å². The van der Waals surface area contributed by atoms with E-state index in [1.807, 2.05) is 30.3 Å². The molecule has 354 valence electrons. The first-order chi connectivity index (χ1) is 31.9. The first-order valence-corrected chi connectivity index (χ1v) is 21.6. The predicted molar refractivity (Wildman–Crippen MR) is 251 cm³/mol. The number of nitrogens with zero attached hydrogens (tertiary/aromatic N) is 5. The Hall–Kier alpha value is -7.63. The lowest BCUT2D eigenvalue weighted by molar-refractivity contribution is -0.141. The van der Waals surface area contributed by atoms with E-state index in [9.17, 15) is 29.2 Å². The number of fused-ring (bicyclic) bond motifs is 5. The van der Waals surface area contributed by atoms with Crippen LogP contribution >= 0.6 is 0 Å². The number of hydrogen-bond donors (Lipinski definition) is 8. The monoisotopic (exact) mass is 917 g/mol. The van der Waals surface area contributed by atoms with E-state index in [1.165, 1.54) is 20.2 Å². The van der Waals surface area contributed by atoms with Crippen LogP contribution in [0.1, 0.15) is 66.5 Å². The molecule has 67 heavy (non-hydrogen) atoms. The van der Waals surface area contributed by atoms with Crippen molar-refractivity contribution in [3.8, 4) is 40.1 Å². The van der Waals surface area contributed by atoms with Gasteiger partial charge in [0.2, 0.25) is 23.6 Å². The summed E-state index contributed by atoms with van der Waals surface area (Å²) < 4.78 is 12.2. The number of carbonyl (C=O) groups excluding carboxylic acids is 5. The highest BCUT2D eigenvalue weighted by Crippen LogP contribution is 2.40. The van der Waals surface area contributed by atoms with E-state index in [1.54, 1.807) is 43.3 Å². The summed E-state index contributed by atoms with van der Waals surface area (Å²) in [5.74, 6) is -2.93. The van der Waals surface area contributed by atoms with Gasteiger partial charge in [-0.15, -0.1) is 0 Å². The normalized spacial score (nSPS) is 16.4. The topological polar surface area (TPSA) is 321 Å². The summed E-state index contributed by atoms with van der Waals surface area (Å²) in [7, 11) is 1.35. The van der Waals surface area contributed by atoms with Gasteiger partial charge in [0.15, 0.2) is 11.8 Å². The van der Waals surface area contributed by atoms with Crippen LogP contribution in [0.3, 0.4) is 0 Å². The van der Waals surface area contributed by atoms with Gasteiger partial charge >= 0.3 is 0 Å². The largest absolute Gasteiger partial charge is 0.492 e. The van der Waals surface area contributed by atoms with Crippen LogP contribution in [0.2, 0.25) is 0 Å². The zero-order chi connectivity index (χ0) is 49.0. The lowest BCUT2D eigenvalue weighted by Gasteiger charge is -2.32. The second-order valence-electron chi connectivity index (χ2n) is 16.9. The van der Waals surface area contributed by atoms with Crippen molar-refractivity contribution < 1.29 is 33.4 Å². The Morgan fingerprint density at radius 3 is 2.19 bits per heavy atom. The average Bonchev–Trinajstić information content (AvgIpc) is 3.29. The number of rotatable bonds is 15. The first-order valence-electron chi connectivity index (χ1n) is 21.6. The van der Waals surface area contributed by atoms with Crippen molar-refractivity contribution in [3.63, 3.8) is 0 Å². The Morgan fingerprint density at radius 1 is 0.955 bits per heavy atom. The van der Waals surface area contributed by atoms with Gasteiger partial charge in [-0.1, -0.05) is 57.2 Å². The van der Waals surface area contributed by atoms with E-state index in [-0.39, 0.29) is 61.8 Å². The van der Waals surface area contributed by atoms with Crippen LogP contribution in [0.25, 0.3) is 22.5 Å². The Kier molecular flexibility index (Phi) is 16.9. The SMILES string of the molecule is Cc1nc(-c2ccc(C(C)(C)C)cc2)ncc1C(=O)NC(CN=C(N)N)C(=O)N(C)C1C(=O)NC(C)C(=O)NC(C(=O)NCC#N)Cc2ccc(OCCN)c(c2)-c2cc1ccc2OCCN. The zero-order valence-corrected chi connectivity index (χ0v) is 38.5. The summed E-state index contributed by atoms with van der Waals surface area (Å²) in [6.07, 6.45) is 1.35. The van der Waals surface area contributed by atoms with Crippen LogP contribution < -0.4 is 53.7 Å². The number of aromatic nitrogens is 2. The molecule has 5 amide bonds. The van der Waals surface area contributed by atoms with E-state index >= 15 is 0 Å². The number of nitrogens with one attached hydrogen (secondary N) is 4. The predicted octanol–water partition coefficient (Wildman–Crippen LogP) is 0.848. The quantitative estimate of drug-likeness (QED) is 0.0466. The summed E-state index contributed by atoms with van der Waals surface area (Å²) in [5.41, 5.74) is 27.0. The van der Waals surface area contributed by atoms with E-state index in [4.69, 9.17) is 32.4 Å². The molecule has 0 aliphatic carbocycles. The van der Waals surface area contributed by atoms with Crippen molar-refractivity contribution in [3.05, 3.63) is 94.8 Å². The number of amides is 5. The maximum Gasteiger partial charge on any atom is 0.255 e. The van der Waals surface area contributed by atoms with Crippen molar-refractivity contribution in [2.75, 3.05) is 46.4 Å². The van der Waals surface area contributed by atoms with Gasteiger partial charge < -0.3 is 58.6 Å². The van der Waals surface area contributed by atoms with Crippen LogP contribution in [0.4, 0.5) is 0 Å². The molecule has 0 saturated heterocycles. The third kappa shape index (κ3) is 12.8. The van der Waals surface area contributed by atoms with Crippen molar-refractivity contribution in [2.24, 2.45) is 27.9 Å². The molecule has 1 aliphatic heterocycles. The number of ether oxygens (including phenoxy) is 2. The number of likely N-dealkylation sites (N-methyl/N-ethyl adjacent to an activating group) is 1. The Morgan fingerprint density at radius 2 is 1.60 bits per heavy atom. The highest BCUT2D eigenvalue weighted by Gasteiger charge is 2.36. The standard InChI is InChI=1S/C47H59N13O7/c1-26-34(24-54-40(56-26)29-8-11-31(12-9-29)47(3,4)5)42(62)59-36(25-55-46(51)52)45(65)60(6)39-30-10-14-38(67-20-17-50)33(23-30)32-21-28(7-13-37(32)66-19-16-49)22-35(43(63)53-18-15-48)58-41(61)27(2)57-44(39)64/h7-14,21,23-24,27,35-36,39H,16-20,22,25,49-50H2,1-6H3,(H,53,63)(H,57,64)(H,58,61)(H,59,62)(H4,51,52,55). The molecule has 20 heteroatoms. The maximum absolute atomic E-state index is 14.8. The highest BCUT2D eigenvalue weighted by atomic mass is 16.5. The van der Waals surface area contributed by atoms with Crippen LogP contribution in [0.5, 0.6) is 11.5 Å². The van der Waals surface area contributed by atoms with E-state index < -0.39 is 60.2 Å². The molecule has 1 aromatic heterocycles. The fraction of sp³-hybridized carbons (Fsp3) is 0.383. The van der Waals surface area contributed by atoms with E-state index in [0.29, 0.717) is 39.7 Å². The Labute approximate surface area is 389 Å². The van der Waals surface area contributed by atoms with Crippen LogP contribution in [-0.4, -0.2) is 115 Å². The lowest BCUT2D eigenvalue weighted by Crippen LogP contribution is -2.56. The number of guanidine groups is 1. The molecule has 4 unspecified atom stereocenters. The maximum atomic E-state index is 14.8. The Bertz CT molecular complexity index is 2530. The fourth-order valence-electron chi connectivity index (χ4n) is 7.27. The molecule has 2 heterocycles. The number of benzene rings is 3. The van der Waals surface area contributed by atoms with Crippen molar-refractivity contribution in [1.82, 2.24) is 36.1 Å². The first kappa shape index (κ1) is 50.4. The Balaban J connectivity index is 1.59. The average molecular weight is 918 g/mol. The highest BCUT2D eigenvalue weighted by molar-refractivity contribution is 6.00. The van der Waals surface area contributed by atoms with Gasteiger partial charge in [-0.05, 0) is 60.2 Å². The summed E-state index contributed by atoms with van der Waals surface area (Å²) in [5, 5.41) is 19.7. The van der Waals surface area contributed by atoms with Gasteiger partial charge in [0.1, 0.15) is 55.4 Å². The summed E-state index contributed by atoms with van der Waals surface area (Å²) >= 11 is 0. The number of aliphatic imine (C=N–C) groups is 1. The van der Waals surface area contributed by atoms with E-state index in [0.717, 1.165) is 16.0 Å². The molecule has 4 bridgehead atoms. The molecule has 4 aromatic rings. The summed E-state index contributed by atoms with van der Waals surface area (Å²) in [6.45, 7) is 9.23. The molecular weight excluding hydrogens is 859 g/mol. The van der Waals surface area contributed by atoms with Crippen molar-refractivity contribution in [1.29, 1.82) is 5.26 Å². The summed E-state index contributed by atoms with van der Waals surface area (Å²) in [6, 6.07) is 14.3. The fourth-order valence-corrected chi connectivity index (χ4v) is 7.27. The second kappa shape index (κ2) is 22.5. The molecule has 0 fully saturated rings. The van der Waals surface area contributed by atoms with Gasteiger partial charge in [0, 0.05) is 49.4 Å². The molecule has 5 rings (SSSR count). The molecule has 12 N–H and O–H groups in total. The molecule has 1 aliphatic rings. The number of nitriles is 1. The van der Waals surface area contributed by atoms with Gasteiger partial charge in [0.05, 0.1) is 23.9 Å². The third-order valence-electron chi connectivity index (χ3n) is 10.8. The summed E-state index contributed by atoms with van der Waals surface area (Å²) in [4.78, 5) is 84.7. The molecule has 4 atom stereocenters. The van der Waals surface area contributed by atoms with Crippen LogP contribution in [-0.2, 0) is 31.0 Å².